The third-order valence-corrected chi connectivity index (χ3v) is 6.88. The highest BCUT2D eigenvalue weighted by Gasteiger charge is 2.28. The summed E-state index contributed by atoms with van der Waals surface area (Å²) in [5.74, 6) is 1.97. The average Bonchev–Trinajstić information content (AvgIpc) is 3.47. The number of nitrogens with zero attached hydrogens (tertiary/aromatic N) is 3. The minimum atomic E-state index is -0.210. The fourth-order valence-corrected chi connectivity index (χ4v) is 4.86. The number of carbonyl (C=O) groups is 1. The summed E-state index contributed by atoms with van der Waals surface area (Å²) >= 11 is 1.42. The standard InChI is InChI=1S/C26H25N3O3S/c1-18-3-7-20(8-4-18)28-13-15-29(16-14-28)26-27-25(30)24(33-26)17-22-11-12-23(32-22)19-5-9-21(31-2)10-6-19/h3-12,17H,13-16H2,1-2H3/b24-17-. The Morgan fingerprint density at radius 2 is 1.64 bits per heavy atom. The summed E-state index contributed by atoms with van der Waals surface area (Å²) in [7, 11) is 1.64. The van der Waals surface area contributed by atoms with Crippen molar-refractivity contribution in [3.63, 3.8) is 0 Å². The molecule has 0 radical (unpaired) electrons. The van der Waals surface area contributed by atoms with Crippen LogP contribution >= 0.6 is 11.8 Å². The van der Waals surface area contributed by atoms with E-state index in [1.807, 2.05) is 36.4 Å². The quantitative estimate of drug-likeness (QED) is 0.509. The Morgan fingerprint density at radius 1 is 0.939 bits per heavy atom. The number of aryl methyl sites for hydroxylation is 1. The van der Waals surface area contributed by atoms with E-state index in [0.29, 0.717) is 10.7 Å². The number of anilines is 1. The molecular weight excluding hydrogens is 434 g/mol. The Balaban J connectivity index is 1.22. The molecule has 33 heavy (non-hydrogen) atoms. The molecule has 2 aliphatic heterocycles. The molecule has 0 N–H and O–H groups in total. The van der Waals surface area contributed by atoms with Crippen molar-refractivity contribution in [3.8, 4) is 17.1 Å². The molecule has 1 saturated heterocycles. The zero-order valence-electron chi connectivity index (χ0n) is 18.7. The summed E-state index contributed by atoms with van der Waals surface area (Å²) in [4.78, 5) is 22.0. The van der Waals surface area contributed by atoms with Crippen LogP contribution < -0.4 is 9.64 Å². The van der Waals surface area contributed by atoms with Crippen molar-refractivity contribution in [2.75, 3.05) is 38.2 Å². The summed E-state index contributed by atoms with van der Waals surface area (Å²) < 4.78 is 11.2. The molecule has 0 unspecified atom stereocenters. The first kappa shape index (κ1) is 21.4. The van der Waals surface area contributed by atoms with E-state index in [0.717, 1.165) is 48.4 Å². The highest BCUT2D eigenvalue weighted by molar-refractivity contribution is 8.18. The lowest BCUT2D eigenvalue weighted by molar-refractivity contribution is -0.113. The van der Waals surface area contributed by atoms with Gasteiger partial charge in [-0.15, -0.1) is 0 Å². The van der Waals surface area contributed by atoms with Crippen LogP contribution in [0.4, 0.5) is 5.69 Å². The molecule has 7 heteroatoms. The normalized spacial score (nSPS) is 17.6. The molecule has 1 aromatic heterocycles. The molecule has 0 bridgehead atoms. The molecule has 1 amide bonds. The summed E-state index contributed by atoms with van der Waals surface area (Å²) in [5, 5.41) is 0.775. The second-order valence-corrected chi connectivity index (χ2v) is 9.06. The van der Waals surface area contributed by atoms with Crippen LogP contribution in [0.25, 0.3) is 17.4 Å². The van der Waals surface area contributed by atoms with Gasteiger partial charge in [0.25, 0.3) is 5.91 Å². The maximum atomic E-state index is 12.5. The summed E-state index contributed by atoms with van der Waals surface area (Å²) in [6.07, 6.45) is 1.78. The molecule has 5 rings (SSSR count). The number of thioether (sulfide) groups is 1. The van der Waals surface area contributed by atoms with Crippen LogP contribution in [0.2, 0.25) is 0 Å². The molecule has 2 aliphatic rings. The third kappa shape index (κ3) is 4.68. The Labute approximate surface area is 197 Å². The molecule has 1 fully saturated rings. The number of piperazine rings is 1. The highest BCUT2D eigenvalue weighted by atomic mass is 32.2. The fourth-order valence-electron chi connectivity index (χ4n) is 3.91. The zero-order valence-corrected chi connectivity index (χ0v) is 19.5. The Morgan fingerprint density at radius 3 is 2.33 bits per heavy atom. The first-order chi connectivity index (χ1) is 16.1. The second-order valence-electron chi connectivity index (χ2n) is 8.05. The second kappa shape index (κ2) is 9.19. The van der Waals surface area contributed by atoms with Gasteiger partial charge in [-0.25, -0.2) is 0 Å². The molecule has 0 spiro atoms. The maximum Gasteiger partial charge on any atom is 0.286 e. The van der Waals surface area contributed by atoms with Gasteiger partial charge in [0, 0.05) is 43.5 Å². The van der Waals surface area contributed by atoms with Gasteiger partial charge in [-0.3, -0.25) is 4.79 Å². The van der Waals surface area contributed by atoms with Crippen LogP contribution in [-0.2, 0) is 4.79 Å². The number of amidine groups is 1. The Hall–Kier alpha value is -3.45. The van der Waals surface area contributed by atoms with Crippen molar-refractivity contribution in [1.29, 1.82) is 0 Å². The molecule has 3 aromatic rings. The number of aliphatic imine (C=N–C) groups is 1. The van der Waals surface area contributed by atoms with Crippen molar-refractivity contribution in [1.82, 2.24) is 4.90 Å². The minimum absolute atomic E-state index is 0.210. The van der Waals surface area contributed by atoms with Gasteiger partial charge in [0.15, 0.2) is 5.17 Å². The van der Waals surface area contributed by atoms with Crippen LogP contribution in [-0.4, -0.2) is 49.3 Å². The summed E-state index contributed by atoms with van der Waals surface area (Å²) in [5.41, 5.74) is 3.46. The largest absolute Gasteiger partial charge is 0.497 e. The number of rotatable bonds is 4. The lowest BCUT2D eigenvalue weighted by Gasteiger charge is -2.36. The SMILES string of the molecule is COc1ccc(-c2ccc(/C=C3\SC(N4CCN(c5ccc(C)cc5)CC4)=NC3=O)o2)cc1. The summed E-state index contributed by atoms with van der Waals surface area (Å²) in [6, 6.07) is 20.1. The van der Waals surface area contributed by atoms with E-state index in [4.69, 9.17) is 9.15 Å². The van der Waals surface area contributed by atoms with Crippen molar-refractivity contribution in [2.24, 2.45) is 4.99 Å². The predicted octanol–water partition coefficient (Wildman–Crippen LogP) is 5.06. The van der Waals surface area contributed by atoms with Crippen molar-refractivity contribution in [3.05, 3.63) is 76.9 Å². The molecule has 2 aromatic carbocycles. The van der Waals surface area contributed by atoms with Gasteiger partial charge < -0.3 is 19.0 Å². The lowest BCUT2D eigenvalue weighted by atomic mass is 10.2. The van der Waals surface area contributed by atoms with E-state index in [1.165, 1.54) is 23.0 Å². The van der Waals surface area contributed by atoms with Gasteiger partial charge >= 0.3 is 0 Å². The van der Waals surface area contributed by atoms with E-state index in [1.54, 1.807) is 13.2 Å². The highest BCUT2D eigenvalue weighted by Crippen LogP contribution is 2.32. The molecule has 0 atom stereocenters. The monoisotopic (exact) mass is 459 g/mol. The van der Waals surface area contributed by atoms with Crippen LogP contribution in [0, 0.1) is 6.92 Å². The number of hydrogen-bond donors (Lipinski definition) is 0. The maximum absolute atomic E-state index is 12.5. The van der Waals surface area contributed by atoms with Gasteiger partial charge in [-0.05, 0) is 67.2 Å². The van der Waals surface area contributed by atoms with Gasteiger partial charge in [0.2, 0.25) is 0 Å². The fraction of sp³-hybridized carbons (Fsp3) is 0.231. The molecule has 0 saturated carbocycles. The van der Waals surface area contributed by atoms with E-state index in [2.05, 4.69) is 46.0 Å². The van der Waals surface area contributed by atoms with E-state index >= 15 is 0 Å². The first-order valence-electron chi connectivity index (χ1n) is 10.9. The molecule has 168 valence electrons. The molecule has 6 nitrogen and oxygen atoms in total. The number of furan rings is 1. The van der Waals surface area contributed by atoms with Gasteiger partial charge in [-0.1, -0.05) is 17.7 Å². The topological polar surface area (TPSA) is 58.3 Å². The minimum Gasteiger partial charge on any atom is -0.497 e. The summed E-state index contributed by atoms with van der Waals surface area (Å²) in [6.45, 7) is 5.58. The molecule has 3 heterocycles. The van der Waals surface area contributed by atoms with Crippen LogP contribution in [0.1, 0.15) is 11.3 Å². The lowest BCUT2D eigenvalue weighted by Crippen LogP contribution is -2.47. The van der Waals surface area contributed by atoms with Crippen LogP contribution in [0.3, 0.4) is 0 Å². The number of methoxy groups -OCH3 is 1. The zero-order chi connectivity index (χ0) is 22.8. The van der Waals surface area contributed by atoms with Crippen LogP contribution in [0.15, 0.2) is 75.0 Å². The number of hydrogen-bond acceptors (Lipinski definition) is 6. The van der Waals surface area contributed by atoms with Gasteiger partial charge in [0.05, 0.1) is 12.0 Å². The van der Waals surface area contributed by atoms with Gasteiger partial charge in [0.1, 0.15) is 17.3 Å². The average molecular weight is 460 g/mol. The van der Waals surface area contributed by atoms with Crippen molar-refractivity contribution >= 4 is 34.6 Å². The predicted molar refractivity (Wildman–Crippen MR) is 134 cm³/mol. The van der Waals surface area contributed by atoms with E-state index in [9.17, 15) is 4.79 Å². The van der Waals surface area contributed by atoms with Gasteiger partial charge in [-0.2, -0.15) is 4.99 Å². The smallest absolute Gasteiger partial charge is 0.286 e. The Bertz CT molecular complexity index is 1200. The van der Waals surface area contributed by atoms with Crippen molar-refractivity contribution in [2.45, 2.75) is 6.92 Å². The number of ether oxygens (including phenoxy) is 1. The number of benzene rings is 2. The third-order valence-electron chi connectivity index (χ3n) is 5.83. The van der Waals surface area contributed by atoms with E-state index < -0.39 is 0 Å². The Kier molecular flexibility index (Phi) is 5.96. The number of carbonyl (C=O) groups excluding carboxylic acids is 1. The number of amides is 1. The first-order valence-corrected chi connectivity index (χ1v) is 11.7. The molecule has 0 aliphatic carbocycles. The molecular formula is C26H25N3O3S. The van der Waals surface area contributed by atoms with Crippen molar-refractivity contribution < 1.29 is 13.9 Å². The van der Waals surface area contributed by atoms with E-state index in [-0.39, 0.29) is 5.91 Å². The van der Waals surface area contributed by atoms with Crippen LogP contribution in [0.5, 0.6) is 5.75 Å².